The Bertz CT molecular complexity index is 601. The van der Waals surface area contributed by atoms with Gasteiger partial charge in [-0.15, -0.1) is 0 Å². The van der Waals surface area contributed by atoms with Gasteiger partial charge in [0, 0.05) is 21.3 Å². The van der Waals surface area contributed by atoms with Crippen molar-refractivity contribution in [3.63, 3.8) is 0 Å². The highest BCUT2D eigenvalue weighted by atomic mass is 79.9. The van der Waals surface area contributed by atoms with Gasteiger partial charge in [-0.3, -0.25) is 4.79 Å². The fraction of sp³-hybridized carbons (Fsp3) is 0.0769. The third kappa shape index (κ3) is 3.75. The summed E-state index contributed by atoms with van der Waals surface area (Å²) in [5, 5.41) is 2.81. The maximum Gasteiger partial charge on any atom is 0.230 e. The predicted octanol–water partition coefficient (Wildman–Crippen LogP) is 3.82. The Morgan fingerprint density at radius 3 is 2.89 bits per heavy atom. The number of nitrogens with one attached hydrogen (secondary N) is 1. The molecule has 1 N–H and O–H groups in total. The van der Waals surface area contributed by atoms with Crippen molar-refractivity contribution in [1.29, 1.82) is 0 Å². The van der Waals surface area contributed by atoms with E-state index in [1.807, 2.05) is 0 Å². The van der Waals surface area contributed by atoms with E-state index in [9.17, 15) is 9.18 Å². The average molecular weight is 344 g/mol. The van der Waals surface area contributed by atoms with E-state index in [1.54, 1.807) is 24.4 Å². The van der Waals surface area contributed by atoms with Crippen molar-refractivity contribution in [3.8, 4) is 0 Å². The summed E-state index contributed by atoms with van der Waals surface area (Å²) in [4.78, 5) is 15.8. The Morgan fingerprint density at radius 2 is 2.21 bits per heavy atom. The Kier molecular flexibility index (Phi) is 4.50. The molecule has 1 aromatic carbocycles. The number of hydrogen-bond donors (Lipinski definition) is 1. The summed E-state index contributed by atoms with van der Waals surface area (Å²) >= 11 is 9.13. The number of carbonyl (C=O) groups is 1. The maximum atomic E-state index is 13.5. The fourth-order valence-electron chi connectivity index (χ4n) is 1.52. The molecule has 0 aliphatic rings. The minimum atomic E-state index is -0.496. The molecule has 98 valence electrons. The molecule has 0 saturated carbocycles. The number of rotatable bonds is 3. The second-order valence-corrected chi connectivity index (χ2v) is 5.11. The summed E-state index contributed by atoms with van der Waals surface area (Å²) < 4.78 is 14.3. The van der Waals surface area contributed by atoms with Gasteiger partial charge in [-0.1, -0.05) is 33.6 Å². The number of halogens is 3. The van der Waals surface area contributed by atoms with E-state index in [4.69, 9.17) is 11.6 Å². The van der Waals surface area contributed by atoms with Crippen LogP contribution in [0.2, 0.25) is 5.02 Å². The normalized spacial score (nSPS) is 10.3. The van der Waals surface area contributed by atoms with Crippen LogP contribution in [0, 0.1) is 5.82 Å². The van der Waals surface area contributed by atoms with Crippen LogP contribution >= 0.6 is 27.5 Å². The zero-order chi connectivity index (χ0) is 13.8. The van der Waals surface area contributed by atoms with Crippen molar-refractivity contribution in [2.75, 3.05) is 5.32 Å². The first-order chi connectivity index (χ1) is 9.06. The van der Waals surface area contributed by atoms with Gasteiger partial charge in [0.05, 0.1) is 6.42 Å². The van der Waals surface area contributed by atoms with Crippen molar-refractivity contribution in [3.05, 3.63) is 57.4 Å². The van der Waals surface area contributed by atoms with E-state index in [-0.39, 0.29) is 22.9 Å². The van der Waals surface area contributed by atoms with Crippen LogP contribution in [0.3, 0.4) is 0 Å². The van der Waals surface area contributed by atoms with Gasteiger partial charge in [0.1, 0.15) is 11.6 Å². The van der Waals surface area contributed by atoms with Crippen molar-refractivity contribution in [2.24, 2.45) is 0 Å². The van der Waals surface area contributed by atoms with Gasteiger partial charge in [0.15, 0.2) is 0 Å². The zero-order valence-corrected chi connectivity index (χ0v) is 12.0. The molecule has 0 atom stereocenters. The highest BCUT2D eigenvalue weighted by Crippen LogP contribution is 2.20. The predicted molar refractivity (Wildman–Crippen MR) is 75.7 cm³/mol. The molecule has 6 heteroatoms. The minimum Gasteiger partial charge on any atom is -0.310 e. The molecule has 0 bridgehead atoms. The molecule has 0 aliphatic carbocycles. The molecule has 0 saturated heterocycles. The van der Waals surface area contributed by atoms with Crippen LogP contribution in [0.4, 0.5) is 10.2 Å². The number of pyridine rings is 1. The number of benzene rings is 1. The number of amides is 1. The van der Waals surface area contributed by atoms with Crippen LogP contribution in [0.1, 0.15) is 5.56 Å². The lowest BCUT2D eigenvalue weighted by molar-refractivity contribution is -0.115. The molecular weight excluding hydrogens is 335 g/mol. The maximum absolute atomic E-state index is 13.5. The fourth-order valence-corrected chi connectivity index (χ4v) is 2.09. The molecule has 2 aromatic rings. The molecule has 19 heavy (non-hydrogen) atoms. The molecule has 0 unspecified atom stereocenters. The molecule has 0 radical (unpaired) electrons. The van der Waals surface area contributed by atoms with E-state index in [2.05, 4.69) is 26.2 Å². The van der Waals surface area contributed by atoms with E-state index in [1.165, 1.54) is 12.1 Å². The summed E-state index contributed by atoms with van der Waals surface area (Å²) in [6.45, 7) is 0. The van der Waals surface area contributed by atoms with E-state index < -0.39 is 5.82 Å². The van der Waals surface area contributed by atoms with Crippen LogP contribution in [0.25, 0.3) is 0 Å². The smallest absolute Gasteiger partial charge is 0.230 e. The van der Waals surface area contributed by atoms with Gasteiger partial charge in [0.25, 0.3) is 0 Å². The first-order valence-corrected chi connectivity index (χ1v) is 6.57. The zero-order valence-electron chi connectivity index (χ0n) is 9.66. The van der Waals surface area contributed by atoms with Gasteiger partial charge >= 0.3 is 0 Å². The van der Waals surface area contributed by atoms with Crippen LogP contribution in [-0.4, -0.2) is 10.9 Å². The quantitative estimate of drug-likeness (QED) is 0.920. The SMILES string of the molecule is O=C(Cc1c(F)cccc1Cl)Nc1cc(Br)ccn1. The highest BCUT2D eigenvalue weighted by molar-refractivity contribution is 9.10. The second kappa shape index (κ2) is 6.12. The lowest BCUT2D eigenvalue weighted by atomic mass is 10.1. The standard InChI is InChI=1S/C13H9BrClFN2O/c14-8-4-5-17-12(6-8)18-13(19)7-9-10(15)2-1-3-11(9)16/h1-6H,7H2,(H,17,18,19). The average Bonchev–Trinajstić information content (AvgIpc) is 2.34. The van der Waals surface area contributed by atoms with Crippen LogP contribution in [-0.2, 0) is 11.2 Å². The lowest BCUT2D eigenvalue weighted by Crippen LogP contribution is -2.16. The summed E-state index contributed by atoms with van der Waals surface area (Å²) in [6.07, 6.45) is 1.41. The molecule has 1 amide bonds. The first kappa shape index (κ1) is 14.0. The van der Waals surface area contributed by atoms with Gasteiger partial charge < -0.3 is 5.32 Å². The van der Waals surface area contributed by atoms with Gasteiger partial charge in [-0.05, 0) is 24.3 Å². The number of nitrogens with zero attached hydrogens (tertiary/aromatic N) is 1. The molecule has 1 heterocycles. The molecular formula is C13H9BrClFN2O. The Labute approximate surface area is 122 Å². The minimum absolute atomic E-state index is 0.139. The van der Waals surface area contributed by atoms with E-state index in [0.29, 0.717) is 5.82 Å². The van der Waals surface area contributed by atoms with E-state index >= 15 is 0 Å². The van der Waals surface area contributed by atoms with Crippen LogP contribution in [0.15, 0.2) is 41.0 Å². The number of anilines is 1. The Balaban J connectivity index is 2.10. The molecule has 0 spiro atoms. The number of aromatic nitrogens is 1. The largest absolute Gasteiger partial charge is 0.310 e. The highest BCUT2D eigenvalue weighted by Gasteiger charge is 2.12. The summed E-state index contributed by atoms with van der Waals surface area (Å²) in [5.74, 6) is -0.478. The third-order valence-corrected chi connectivity index (χ3v) is 3.24. The monoisotopic (exact) mass is 342 g/mol. The number of carbonyl (C=O) groups excluding carboxylic acids is 1. The second-order valence-electron chi connectivity index (χ2n) is 3.78. The third-order valence-electron chi connectivity index (χ3n) is 2.39. The molecule has 3 nitrogen and oxygen atoms in total. The summed E-state index contributed by atoms with van der Waals surface area (Å²) in [5.41, 5.74) is 0.177. The molecule has 1 aromatic heterocycles. The van der Waals surface area contributed by atoms with Crippen molar-refractivity contribution in [1.82, 2.24) is 4.98 Å². The Hall–Kier alpha value is -1.46. The summed E-state index contributed by atoms with van der Waals surface area (Å²) in [6, 6.07) is 7.70. The molecule has 0 fully saturated rings. The van der Waals surface area contributed by atoms with Crippen molar-refractivity contribution < 1.29 is 9.18 Å². The van der Waals surface area contributed by atoms with E-state index in [0.717, 1.165) is 4.47 Å². The molecule has 0 aliphatic heterocycles. The lowest BCUT2D eigenvalue weighted by Gasteiger charge is -2.07. The van der Waals surface area contributed by atoms with Gasteiger partial charge in [0.2, 0.25) is 5.91 Å². The van der Waals surface area contributed by atoms with Gasteiger partial charge in [-0.2, -0.15) is 0 Å². The first-order valence-electron chi connectivity index (χ1n) is 5.40. The molecule has 2 rings (SSSR count). The van der Waals surface area contributed by atoms with Crippen LogP contribution in [0.5, 0.6) is 0 Å². The summed E-state index contributed by atoms with van der Waals surface area (Å²) in [7, 11) is 0. The van der Waals surface area contributed by atoms with Gasteiger partial charge in [-0.25, -0.2) is 9.37 Å². The van der Waals surface area contributed by atoms with Crippen molar-refractivity contribution >= 4 is 39.3 Å². The van der Waals surface area contributed by atoms with Crippen LogP contribution < -0.4 is 5.32 Å². The number of hydrogen-bond acceptors (Lipinski definition) is 2. The Morgan fingerprint density at radius 1 is 1.42 bits per heavy atom. The van der Waals surface area contributed by atoms with Crippen molar-refractivity contribution in [2.45, 2.75) is 6.42 Å². The topological polar surface area (TPSA) is 42.0 Å².